The van der Waals surface area contributed by atoms with Crippen molar-refractivity contribution in [2.45, 2.75) is 0 Å². The van der Waals surface area contributed by atoms with E-state index in [9.17, 15) is 0 Å². The summed E-state index contributed by atoms with van der Waals surface area (Å²) in [7, 11) is 0. The van der Waals surface area contributed by atoms with E-state index in [-0.39, 0.29) is 0 Å². The van der Waals surface area contributed by atoms with Crippen LogP contribution < -0.4 is 0 Å². The van der Waals surface area contributed by atoms with Crippen LogP contribution in [0.15, 0.2) is 72.8 Å². The van der Waals surface area contributed by atoms with E-state index < -0.39 is 0 Å². The highest BCUT2D eigenvalue weighted by Crippen LogP contribution is 2.37. The molecule has 0 nitrogen and oxygen atoms in total. The normalized spacial score (nSPS) is 11.6. The van der Waals surface area contributed by atoms with Crippen molar-refractivity contribution in [3.8, 4) is 0 Å². The molecule has 0 atom stereocenters. The lowest BCUT2D eigenvalue weighted by atomic mass is 9.91. The maximum Gasteiger partial charge on any atom is -0.0000480 e. The van der Waals surface area contributed by atoms with Gasteiger partial charge in [-0.1, -0.05) is 72.8 Å². The molecule has 0 aliphatic carbocycles. The van der Waals surface area contributed by atoms with E-state index in [0.29, 0.717) is 0 Å². The lowest BCUT2D eigenvalue weighted by Gasteiger charge is -2.12. The molecule has 0 fully saturated rings. The Kier molecular flexibility index (Phi) is 2.31. The van der Waals surface area contributed by atoms with Crippen LogP contribution in [0.1, 0.15) is 0 Å². The molecule has 0 aliphatic rings. The van der Waals surface area contributed by atoms with Gasteiger partial charge in [0.1, 0.15) is 0 Å². The minimum absolute atomic E-state index is 1.12. The highest BCUT2D eigenvalue weighted by Gasteiger charge is 2.10. The molecule has 0 amide bonds. The van der Waals surface area contributed by atoms with Gasteiger partial charge in [-0.3, -0.25) is 0 Å². The summed E-state index contributed by atoms with van der Waals surface area (Å²) < 4.78 is 0. The molecule has 0 saturated heterocycles. The maximum atomic E-state index is 3.40. The first-order valence-corrected chi connectivity index (χ1v) is 7.48. The summed E-state index contributed by atoms with van der Waals surface area (Å²) in [6, 6.07) is 32.4. The van der Waals surface area contributed by atoms with Crippen molar-refractivity contribution in [3.63, 3.8) is 0 Å². The van der Waals surface area contributed by atoms with Gasteiger partial charge >= 0.3 is 0 Å². The van der Waals surface area contributed by atoms with Gasteiger partial charge in [0.25, 0.3) is 0 Å². The SMILES string of the molecule is [c]1[c]c2c3ccccc3c3ccccc3c2c2ccccc12. The third-order valence-corrected chi connectivity index (χ3v) is 4.45. The third-order valence-electron chi connectivity index (χ3n) is 4.45. The lowest BCUT2D eigenvalue weighted by molar-refractivity contribution is 1.76. The minimum Gasteiger partial charge on any atom is -0.0616 e. The Bertz CT molecular complexity index is 1120. The first-order valence-electron chi connectivity index (χ1n) is 7.48. The van der Waals surface area contributed by atoms with Crippen LogP contribution in [0.3, 0.4) is 0 Å². The van der Waals surface area contributed by atoms with E-state index in [2.05, 4.69) is 84.9 Å². The van der Waals surface area contributed by atoms with Crippen molar-refractivity contribution in [1.29, 1.82) is 0 Å². The van der Waals surface area contributed by atoms with Gasteiger partial charge in [-0.15, -0.1) is 0 Å². The molecule has 0 bridgehead atoms. The number of hydrogen-bond donors (Lipinski definition) is 0. The number of fused-ring (bicyclic) bond motifs is 8. The molecule has 0 aliphatic heterocycles. The second-order valence-corrected chi connectivity index (χ2v) is 5.64. The topological polar surface area (TPSA) is 0 Å². The molecule has 5 aromatic rings. The lowest BCUT2D eigenvalue weighted by Crippen LogP contribution is -1.85. The largest absolute Gasteiger partial charge is 0.0616 e. The highest BCUT2D eigenvalue weighted by molar-refractivity contribution is 6.31. The average Bonchev–Trinajstić information content (AvgIpc) is 2.61. The van der Waals surface area contributed by atoms with E-state index >= 15 is 0 Å². The molecule has 0 heterocycles. The van der Waals surface area contributed by atoms with Crippen molar-refractivity contribution < 1.29 is 0 Å². The average molecular weight is 276 g/mol. The fourth-order valence-electron chi connectivity index (χ4n) is 3.49. The number of benzene rings is 5. The smallest absolute Gasteiger partial charge is 0.0000480 e. The van der Waals surface area contributed by atoms with Crippen molar-refractivity contribution >= 4 is 43.1 Å². The molecule has 0 spiro atoms. The Morgan fingerprint density at radius 2 is 1.00 bits per heavy atom. The third kappa shape index (κ3) is 1.47. The highest BCUT2D eigenvalue weighted by atomic mass is 14.1. The molecule has 0 aromatic heterocycles. The first kappa shape index (κ1) is 11.8. The van der Waals surface area contributed by atoms with E-state index in [1.165, 1.54) is 32.3 Å². The molecule has 5 aromatic carbocycles. The zero-order valence-electron chi connectivity index (χ0n) is 11.9. The van der Waals surface area contributed by atoms with E-state index in [4.69, 9.17) is 0 Å². The first-order chi connectivity index (χ1) is 10.9. The Hall–Kier alpha value is -2.86. The zero-order valence-corrected chi connectivity index (χ0v) is 11.9. The quantitative estimate of drug-likeness (QED) is 0.309. The summed E-state index contributed by atoms with van der Waals surface area (Å²) in [6.07, 6.45) is 0. The van der Waals surface area contributed by atoms with Gasteiger partial charge in [-0.05, 0) is 55.2 Å². The van der Waals surface area contributed by atoms with E-state index in [1.807, 2.05) is 0 Å². The molecule has 0 saturated carbocycles. The van der Waals surface area contributed by atoms with Crippen LogP contribution in [-0.4, -0.2) is 0 Å². The fraction of sp³-hybridized carbons (Fsp3) is 0. The van der Waals surface area contributed by atoms with Crippen LogP contribution in [0, 0.1) is 12.1 Å². The second kappa shape index (κ2) is 4.32. The van der Waals surface area contributed by atoms with Crippen LogP contribution in [0.5, 0.6) is 0 Å². The molecular weight excluding hydrogens is 264 g/mol. The van der Waals surface area contributed by atoms with Crippen molar-refractivity contribution in [1.82, 2.24) is 0 Å². The summed E-state index contributed by atoms with van der Waals surface area (Å²) in [6.45, 7) is 0. The van der Waals surface area contributed by atoms with Crippen LogP contribution in [0.25, 0.3) is 43.1 Å². The standard InChI is InChI=1S/C22H12/c1-2-8-16-15(7-1)13-14-21-19-11-4-3-9-17(19)18-10-5-6-12-20(18)22(16)21/h1-12H. The Labute approximate surface area is 128 Å². The molecule has 5 rings (SSSR count). The molecule has 22 heavy (non-hydrogen) atoms. The summed E-state index contributed by atoms with van der Waals surface area (Å²) in [5.74, 6) is 0. The van der Waals surface area contributed by atoms with Gasteiger partial charge in [0.05, 0.1) is 0 Å². The van der Waals surface area contributed by atoms with Gasteiger partial charge in [0.15, 0.2) is 0 Å². The second-order valence-electron chi connectivity index (χ2n) is 5.64. The summed E-state index contributed by atoms with van der Waals surface area (Å²) in [5, 5.41) is 9.93. The van der Waals surface area contributed by atoms with E-state index in [0.717, 1.165) is 10.8 Å². The van der Waals surface area contributed by atoms with Crippen LogP contribution in [0.4, 0.5) is 0 Å². The zero-order chi connectivity index (χ0) is 14.5. The minimum atomic E-state index is 1.12. The van der Waals surface area contributed by atoms with Gasteiger partial charge < -0.3 is 0 Å². The van der Waals surface area contributed by atoms with E-state index in [1.54, 1.807) is 0 Å². The molecule has 100 valence electrons. The van der Waals surface area contributed by atoms with Crippen LogP contribution in [0.2, 0.25) is 0 Å². The van der Waals surface area contributed by atoms with Gasteiger partial charge in [-0.25, -0.2) is 0 Å². The van der Waals surface area contributed by atoms with Crippen molar-refractivity contribution in [2.75, 3.05) is 0 Å². The van der Waals surface area contributed by atoms with Gasteiger partial charge in [0.2, 0.25) is 0 Å². The Balaban J connectivity index is 2.24. The summed E-state index contributed by atoms with van der Waals surface area (Å²) in [5.41, 5.74) is 0. The predicted molar refractivity (Wildman–Crippen MR) is 94.1 cm³/mol. The van der Waals surface area contributed by atoms with Crippen LogP contribution >= 0.6 is 0 Å². The van der Waals surface area contributed by atoms with Gasteiger partial charge in [0, 0.05) is 0 Å². The van der Waals surface area contributed by atoms with Crippen LogP contribution in [-0.2, 0) is 0 Å². The summed E-state index contributed by atoms with van der Waals surface area (Å²) >= 11 is 0. The van der Waals surface area contributed by atoms with Crippen molar-refractivity contribution in [2.24, 2.45) is 0 Å². The Morgan fingerprint density at radius 3 is 1.77 bits per heavy atom. The maximum absolute atomic E-state index is 3.40. The number of rotatable bonds is 0. The molecule has 0 heteroatoms. The van der Waals surface area contributed by atoms with Gasteiger partial charge in [-0.2, -0.15) is 0 Å². The molecular formula is C22H12. The predicted octanol–water partition coefficient (Wildman–Crippen LogP) is 5.90. The molecule has 2 radical (unpaired) electrons. The Morgan fingerprint density at radius 1 is 0.455 bits per heavy atom. The molecule has 0 N–H and O–H groups in total. The monoisotopic (exact) mass is 276 g/mol. The number of hydrogen-bond acceptors (Lipinski definition) is 0. The fourth-order valence-corrected chi connectivity index (χ4v) is 3.49. The molecule has 0 unspecified atom stereocenters. The van der Waals surface area contributed by atoms with Crippen molar-refractivity contribution in [3.05, 3.63) is 84.9 Å². The summed E-state index contributed by atoms with van der Waals surface area (Å²) in [4.78, 5) is 0.